The second-order valence-electron chi connectivity index (χ2n) is 4.31. The lowest BCUT2D eigenvalue weighted by Gasteiger charge is -2.35. The molecular formula is C11H21N5O. The molecule has 6 nitrogen and oxygen atoms in total. The maximum atomic E-state index is 5.53. The molecule has 1 atom stereocenters. The lowest BCUT2D eigenvalue weighted by atomic mass is 10.2. The molecule has 0 bridgehead atoms. The van der Waals surface area contributed by atoms with Crippen LogP contribution in [0.2, 0.25) is 0 Å². The molecule has 1 aliphatic heterocycles. The van der Waals surface area contributed by atoms with E-state index in [0.717, 1.165) is 45.2 Å². The molecule has 96 valence electrons. The van der Waals surface area contributed by atoms with Gasteiger partial charge < -0.3 is 10.1 Å². The van der Waals surface area contributed by atoms with E-state index in [1.165, 1.54) is 0 Å². The number of hydrogen-bond acceptors (Lipinski definition) is 5. The van der Waals surface area contributed by atoms with Crippen LogP contribution in [0.5, 0.6) is 0 Å². The van der Waals surface area contributed by atoms with Gasteiger partial charge in [0.05, 0.1) is 19.8 Å². The fourth-order valence-corrected chi connectivity index (χ4v) is 2.04. The van der Waals surface area contributed by atoms with Crippen LogP contribution in [0.25, 0.3) is 0 Å². The van der Waals surface area contributed by atoms with Crippen LogP contribution in [0.4, 0.5) is 0 Å². The van der Waals surface area contributed by atoms with Gasteiger partial charge in [-0.3, -0.25) is 9.58 Å². The van der Waals surface area contributed by atoms with Gasteiger partial charge in [-0.1, -0.05) is 6.92 Å². The quantitative estimate of drug-likeness (QED) is 0.759. The second kappa shape index (κ2) is 6.09. The van der Waals surface area contributed by atoms with Crippen molar-refractivity contribution in [3.8, 4) is 0 Å². The fourth-order valence-electron chi connectivity index (χ4n) is 2.04. The van der Waals surface area contributed by atoms with Crippen molar-refractivity contribution in [2.45, 2.75) is 19.5 Å². The lowest BCUT2D eigenvalue weighted by Crippen LogP contribution is -2.50. The average Bonchev–Trinajstić information content (AvgIpc) is 2.74. The molecule has 2 rings (SSSR count). The molecule has 0 spiro atoms. The number of aryl methyl sites for hydroxylation is 1. The van der Waals surface area contributed by atoms with Crippen LogP contribution in [0, 0.1) is 0 Å². The smallest absolute Gasteiger partial charge is 0.140 e. The van der Waals surface area contributed by atoms with Gasteiger partial charge in [0.1, 0.15) is 12.2 Å². The van der Waals surface area contributed by atoms with Gasteiger partial charge in [0.2, 0.25) is 0 Å². The highest BCUT2D eigenvalue weighted by Gasteiger charge is 2.23. The number of nitrogens with one attached hydrogen (secondary N) is 1. The van der Waals surface area contributed by atoms with Gasteiger partial charge in [0.15, 0.2) is 0 Å². The molecule has 1 aliphatic rings. The van der Waals surface area contributed by atoms with Crippen molar-refractivity contribution in [3.05, 3.63) is 12.2 Å². The van der Waals surface area contributed by atoms with Crippen molar-refractivity contribution >= 4 is 0 Å². The predicted molar refractivity (Wildman–Crippen MR) is 64.6 cm³/mol. The van der Waals surface area contributed by atoms with Crippen LogP contribution in [0.3, 0.4) is 0 Å². The number of hydrogen-bond donors (Lipinski definition) is 1. The summed E-state index contributed by atoms with van der Waals surface area (Å²) in [6.45, 7) is 7.49. The summed E-state index contributed by atoms with van der Waals surface area (Å²) in [5, 5.41) is 7.48. The summed E-state index contributed by atoms with van der Waals surface area (Å²) in [5.41, 5.74) is 0. The minimum absolute atomic E-state index is 0.431. The van der Waals surface area contributed by atoms with E-state index in [4.69, 9.17) is 4.74 Å². The summed E-state index contributed by atoms with van der Waals surface area (Å²) in [7, 11) is 1.93. The Bertz CT molecular complexity index is 340. The monoisotopic (exact) mass is 239 g/mol. The molecule has 0 aliphatic carbocycles. The van der Waals surface area contributed by atoms with Gasteiger partial charge in [-0.15, -0.1) is 0 Å². The van der Waals surface area contributed by atoms with Gasteiger partial charge in [-0.05, 0) is 6.54 Å². The Morgan fingerprint density at radius 2 is 2.47 bits per heavy atom. The number of morpholine rings is 1. The van der Waals surface area contributed by atoms with E-state index in [9.17, 15) is 0 Å². The van der Waals surface area contributed by atoms with E-state index in [-0.39, 0.29) is 0 Å². The zero-order valence-electron chi connectivity index (χ0n) is 10.6. The fraction of sp³-hybridized carbons (Fsp3) is 0.818. The van der Waals surface area contributed by atoms with Gasteiger partial charge in [-0.25, -0.2) is 4.98 Å². The van der Waals surface area contributed by atoms with E-state index in [0.29, 0.717) is 6.04 Å². The van der Waals surface area contributed by atoms with E-state index in [2.05, 4.69) is 27.2 Å². The van der Waals surface area contributed by atoms with Crippen molar-refractivity contribution in [1.29, 1.82) is 0 Å². The molecule has 6 heteroatoms. The third-order valence-electron chi connectivity index (χ3n) is 3.13. The molecule has 1 saturated heterocycles. The highest BCUT2D eigenvalue weighted by molar-refractivity contribution is 4.87. The first kappa shape index (κ1) is 12.5. The molecule has 2 heterocycles. The Labute approximate surface area is 102 Å². The highest BCUT2D eigenvalue weighted by Crippen LogP contribution is 2.10. The number of ether oxygens (including phenoxy) is 1. The Balaban J connectivity index is 1.94. The van der Waals surface area contributed by atoms with E-state index < -0.39 is 0 Å². The van der Waals surface area contributed by atoms with Crippen LogP contribution in [0.15, 0.2) is 6.33 Å². The molecule has 0 saturated carbocycles. The van der Waals surface area contributed by atoms with Gasteiger partial charge in [0, 0.05) is 26.2 Å². The molecule has 1 fully saturated rings. The summed E-state index contributed by atoms with van der Waals surface area (Å²) in [4.78, 5) is 6.69. The van der Waals surface area contributed by atoms with E-state index >= 15 is 0 Å². The molecule has 1 unspecified atom stereocenters. The number of rotatable bonds is 5. The summed E-state index contributed by atoms with van der Waals surface area (Å²) in [5.74, 6) is 1.01. The predicted octanol–water partition coefficient (Wildman–Crippen LogP) is -0.375. The third-order valence-corrected chi connectivity index (χ3v) is 3.13. The maximum Gasteiger partial charge on any atom is 0.140 e. The minimum Gasteiger partial charge on any atom is -0.378 e. The van der Waals surface area contributed by atoms with Crippen molar-refractivity contribution in [1.82, 2.24) is 25.0 Å². The van der Waals surface area contributed by atoms with Crippen LogP contribution >= 0.6 is 0 Å². The first-order valence-electron chi connectivity index (χ1n) is 6.16. The summed E-state index contributed by atoms with van der Waals surface area (Å²) < 4.78 is 7.37. The third kappa shape index (κ3) is 3.24. The molecule has 1 aromatic rings. The van der Waals surface area contributed by atoms with Gasteiger partial charge in [-0.2, -0.15) is 5.10 Å². The SMILES string of the molecule is CCNCC1COCCN1Cc1ncnn1C. The maximum absolute atomic E-state index is 5.53. The van der Waals surface area contributed by atoms with Crippen molar-refractivity contribution < 1.29 is 4.74 Å². The molecule has 0 aromatic carbocycles. The Hall–Kier alpha value is -0.980. The molecule has 0 amide bonds. The number of aromatic nitrogens is 3. The van der Waals surface area contributed by atoms with Crippen LogP contribution in [-0.4, -0.2) is 58.6 Å². The first-order valence-corrected chi connectivity index (χ1v) is 6.16. The molecule has 1 aromatic heterocycles. The normalized spacial score (nSPS) is 21.9. The summed E-state index contributed by atoms with van der Waals surface area (Å²) in [6.07, 6.45) is 1.61. The zero-order chi connectivity index (χ0) is 12.1. The average molecular weight is 239 g/mol. The molecule has 0 radical (unpaired) electrons. The van der Waals surface area contributed by atoms with Crippen LogP contribution in [0.1, 0.15) is 12.7 Å². The Kier molecular flexibility index (Phi) is 4.47. The molecular weight excluding hydrogens is 218 g/mol. The largest absolute Gasteiger partial charge is 0.378 e. The number of nitrogens with zero attached hydrogens (tertiary/aromatic N) is 4. The van der Waals surface area contributed by atoms with Crippen molar-refractivity contribution in [2.24, 2.45) is 7.05 Å². The number of likely N-dealkylation sites (N-methyl/N-ethyl adjacent to an activating group) is 1. The van der Waals surface area contributed by atoms with Gasteiger partial charge in [0.25, 0.3) is 0 Å². The van der Waals surface area contributed by atoms with Crippen LogP contribution in [-0.2, 0) is 18.3 Å². The Morgan fingerprint density at radius 1 is 1.59 bits per heavy atom. The summed E-state index contributed by atoms with van der Waals surface area (Å²) in [6, 6.07) is 0.431. The minimum atomic E-state index is 0.431. The van der Waals surface area contributed by atoms with E-state index in [1.807, 2.05) is 11.7 Å². The van der Waals surface area contributed by atoms with Crippen molar-refractivity contribution in [2.75, 3.05) is 32.8 Å². The van der Waals surface area contributed by atoms with E-state index in [1.54, 1.807) is 6.33 Å². The van der Waals surface area contributed by atoms with Crippen LogP contribution < -0.4 is 5.32 Å². The first-order chi connectivity index (χ1) is 8.31. The topological polar surface area (TPSA) is 55.2 Å². The highest BCUT2D eigenvalue weighted by atomic mass is 16.5. The second-order valence-corrected chi connectivity index (χ2v) is 4.31. The summed E-state index contributed by atoms with van der Waals surface area (Å²) >= 11 is 0. The Morgan fingerprint density at radius 3 is 3.18 bits per heavy atom. The van der Waals surface area contributed by atoms with Crippen molar-refractivity contribution in [3.63, 3.8) is 0 Å². The standard InChI is InChI=1S/C11H21N5O/c1-3-12-6-10-8-17-5-4-16(10)7-11-13-9-14-15(11)2/h9-10,12H,3-8H2,1-2H3. The van der Waals surface area contributed by atoms with Gasteiger partial charge >= 0.3 is 0 Å². The lowest BCUT2D eigenvalue weighted by molar-refractivity contribution is -0.0123. The molecule has 1 N–H and O–H groups in total. The zero-order valence-corrected chi connectivity index (χ0v) is 10.6. The molecule has 17 heavy (non-hydrogen) atoms.